The van der Waals surface area contributed by atoms with E-state index in [0.717, 1.165) is 17.7 Å². The van der Waals surface area contributed by atoms with Crippen LogP contribution in [-0.2, 0) is 0 Å². The summed E-state index contributed by atoms with van der Waals surface area (Å²) >= 11 is 1.74. The molecule has 0 bridgehead atoms. The summed E-state index contributed by atoms with van der Waals surface area (Å²) in [4.78, 5) is 4.59. The monoisotopic (exact) mass is 250 g/mol. The van der Waals surface area contributed by atoms with Gasteiger partial charge in [-0.1, -0.05) is 13.8 Å². The topological polar surface area (TPSA) is 48.1 Å². The maximum atomic E-state index is 5.62. The quantitative estimate of drug-likeness (QED) is 0.829. The molecule has 0 atom stereocenters. The summed E-state index contributed by atoms with van der Waals surface area (Å²) in [6.45, 7) is 5.67. The van der Waals surface area contributed by atoms with Crippen molar-refractivity contribution in [3.8, 4) is 5.75 Å². The zero-order valence-corrected chi connectivity index (χ0v) is 11.1. The first-order chi connectivity index (χ1) is 8.20. The van der Waals surface area contributed by atoms with Crippen LogP contribution in [0.5, 0.6) is 5.75 Å². The molecule has 17 heavy (non-hydrogen) atoms. The highest BCUT2D eigenvalue weighted by Crippen LogP contribution is 2.29. The van der Waals surface area contributed by atoms with Gasteiger partial charge in [-0.05, 0) is 31.2 Å². The highest BCUT2D eigenvalue weighted by atomic mass is 32.1. The third-order valence-electron chi connectivity index (χ3n) is 2.49. The molecule has 4 heteroatoms. The van der Waals surface area contributed by atoms with E-state index in [1.54, 1.807) is 11.3 Å². The minimum atomic E-state index is 0.481. The normalized spacial score (nSPS) is 11.3. The number of fused-ring (bicyclic) bond motifs is 1. The second-order valence-corrected chi connectivity index (χ2v) is 5.39. The Morgan fingerprint density at radius 1 is 1.41 bits per heavy atom. The summed E-state index contributed by atoms with van der Waals surface area (Å²) in [5.74, 6) is 1.39. The average Bonchev–Trinajstić information content (AvgIpc) is 2.72. The molecular weight excluding hydrogens is 232 g/mol. The Kier molecular flexibility index (Phi) is 3.97. The fraction of sp³-hybridized carbons (Fsp3) is 0.462. The molecule has 1 aromatic carbocycles. The highest BCUT2D eigenvalue weighted by Gasteiger charge is 2.07. The number of benzene rings is 1. The summed E-state index contributed by atoms with van der Waals surface area (Å²) < 4.78 is 6.82. The van der Waals surface area contributed by atoms with Gasteiger partial charge in [-0.25, -0.2) is 4.98 Å². The Morgan fingerprint density at radius 3 is 2.94 bits per heavy atom. The fourth-order valence-electron chi connectivity index (χ4n) is 1.53. The van der Waals surface area contributed by atoms with Crippen molar-refractivity contribution >= 4 is 21.6 Å². The first-order valence-electron chi connectivity index (χ1n) is 5.94. The van der Waals surface area contributed by atoms with Gasteiger partial charge in [0.2, 0.25) is 0 Å². The molecule has 1 aromatic heterocycles. The molecule has 0 aliphatic rings. The van der Waals surface area contributed by atoms with Crippen molar-refractivity contribution in [2.75, 3.05) is 13.2 Å². The molecule has 0 aliphatic carbocycles. The van der Waals surface area contributed by atoms with Gasteiger partial charge in [0.15, 0.2) is 0 Å². The van der Waals surface area contributed by atoms with Crippen LogP contribution in [0.4, 0.5) is 0 Å². The van der Waals surface area contributed by atoms with E-state index in [0.29, 0.717) is 19.1 Å². The summed E-state index contributed by atoms with van der Waals surface area (Å²) in [5.41, 5.74) is 6.49. The van der Waals surface area contributed by atoms with Crippen molar-refractivity contribution in [3.63, 3.8) is 0 Å². The van der Waals surface area contributed by atoms with Crippen LogP contribution in [-0.4, -0.2) is 18.1 Å². The number of aromatic nitrogens is 1. The molecule has 1 heterocycles. The lowest BCUT2D eigenvalue weighted by atomic mass is 10.2. The molecule has 92 valence electrons. The standard InChI is InChI=1S/C13H18N2OS/c1-9(2)13-15-11-5-4-10(8-12(11)17-13)16-7-3-6-14/h4-5,8-9H,3,6-7,14H2,1-2H3. The third kappa shape index (κ3) is 2.96. The molecular formula is C13H18N2OS. The van der Waals surface area contributed by atoms with Gasteiger partial charge >= 0.3 is 0 Å². The number of hydrogen-bond acceptors (Lipinski definition) is 4. The van der Waals surface area contributed by atoms with Crippen LogP contribution in [0.25, 0.3) is 10.2 Å². The van der Waals surface area contributed by atoms with Crippen molar-refractivity contribution in [2.24, 2.45) is 5.73 Å². The number of ether oxygens (including phenoxy) is 1. The molecule has 2 aromatic rings. The second kappa shape index (κ2) is 5.47. The zero-order chi connectivity index (χ0) is 12.3. The van der Waals surface area contributed by atoms with E-state index in [-0.39, 0.29) is 0 Å². The summed E-state index contributed by atoms with van der Waals surface area (Å²) in [7, 11) is 0. The smallest absolute Gasteiger partial charge is 0.120 e. The Bertz CT molecular complexity index is 493. The molecule has 3 nitrogen and oxygen atoms in total. The molecule has 2 rings (SSSR count). The van der Waals surface area contributed by atoms with Crippen LogP contribution in [0.1, 0.15) is 31.2 Å². The van der Waals surface area contributed by atoms with E-state index in [2.05, 4.69) is 24.9 Å². The van der Waals surface area contributed by atoms with Gasteiger partial charge in [0.25, 0.3) is 0 Å². The zero-order valence-electron chi connectivity index (χ0n) is 10.3. The largest absolute Gasteiger partial charge is 0.493 e. The minimum Gasteiger partial charge on any atom is -0.493 e. The SMILES string of the molecule is CC(C)c1nc2ccc(OCCCN)cc2s1. The van der Waals surface area contributed by atoms with Gasteiger partial charge in [0.1, 0.15) is 5.75 Å². The lowest BCUT2D eigenvalue weighted by Crippen LogP contribution is -2.05. The van der Waals surface area contributed by atoms with Crippen molar-refractivity contribution in [3.05, 3.63) is 23.2 Å². The summed E-state index contributed by atoms with van der Waals surface area (Å²) in [6.07, 6.45) is 0.887. The molecule has 0 unspecified atom stereocenters. The van der Waals surface area contributed by atoms with Crippen LogP contribution in [0, 0.1) is 0 Å². The number of hydrogen-bond donors (Lipinski definition) is 1. The maximum Gasteiger partial charge on any atom is 0.120 e. The first-order valence-corrected chi connectivity index (χ1v) is 6.75. The molecule has 0 radical (unpaired) electrons. The molecule has 0 spiro atoms. The summed E-state index contributed by atoms with van der Waals surface area (Å²) in [5, 5.41) is 1.18. The number of rotatable bonds is 5. The van der Waals surface area contributed by atoms with Crippen molar-refractivity contribution < 1.29 is 4.74 Å². The van der Waals surface area contributed by atoms with E-state index in [1.165, 1.54) is 9.71 Å². The lowest BCUT2D eigenvalue weighted by Gasteiger charge is -2.04. The van der Waals surface area contributed by atoms with Crippen molar-refractivity contribution in [1.29, 1.82) is 0 Å². The predicted octanol–water partition coefficient (Wildman–Crippen LogP) is 3.15. The van der Waals surface area contributed by atoms with Crippen LogP contribution < -0.4 is 10.5 Å². The Hall–Kier alpha value is -1.13. The average molecular weight is 250 g/mol. The van der Waals surface area contributed by atoms with E-state index in [4.69, 9.17) is 10.5 Å². The van der Waals surface area contributed by atoms with Gasteiger partial charge in [-0.15, -0.1) is 11.3 Å². The predicted molar refractivity (Wildman–Crippen MR) is 72.9 cm³/mol. The first kappa shape index (κ1) is 12.3. The third-order valence-corrected chi connectivity index (χ3v) is 3.81. The fourth-order valence-corrected chi connectivity index (χ4v) is 2.53. The second-order valence-electron chi connectivity index (χ2n) is 4.33. The van der Waals surface area contributed by atoms with E-state index < -0.39 is 0 Å². The lowest BCUT2D eigenvalue weighted by molar-refractivity contribution is 0.314. The van der Waals surface area contributed by atoms with E-state index >= 15 is 0 Å². The molecule has 0 aliphatic heterocycles. The molecule has 0 fully saturated rings. The van der Waals surface area contributed by atoms with Crippen LogP contribution in [0.15, 0.2) is 18.2 Å². The number of nitrogens with zero attached hydrogens (tertiary/aromatic N) is 1. The van der Waals surface area contributed by atoms with Gasteiger partial charge in [-0.2, -0.15) is 0 Å². The van der Waals surface area contributed by atoms with Crippen molar-refractivity contribution in [2.45, 2.75) is 26.2 Å². The van der Waals surface area contributed by atoms with Crippen LogP contribution in [0.2, 0.25) is 0 Å². The molecule has 0 saturated carbocycles. The van der Waals surface area contributed by atoms with E-state index in [9.17, 15) is 0 Å². The van der Waals surface area contributed by atoms with Gasteiger partial charge in [-0.3, -0.25) is 0 Å². The maximum absolute atomic E-state index is 5.62. The highest BCUT2D eigenvalue weighted by molar-refractivity contribution is 7.18. The van der Waals surface area contributed by atoms with Gasteiger partial charge in [0, 0.05) is 5.92 Å². The number of nitrogens with two attached hydrogens (primary N) is 1. The van der Waals surface area contributed by atoms with Crippen LogP contribution >= 0.6 is 11.3 Å². The molecule has 2 N–H and O–H groups in total. The van der Waals surface area contributed by atoms with E-state index in [1.807, 2.05) is 12.1 Å². The van der Waals surface area contributed by atoms with Gasteiger partial charge < -0.3 is 10.5 Å². The van der Waals surface area contributed by atoms with Crippen LogP contribution in [0.3, 0.4) is 0 Å². The number of thiazole rings is 1. The van der Waals surface area contributed by atoms with Crippen molar-refractivity contribution in [1.82, 2.24) is 4.98 Å². The minimum absolute atomic E-state index is 0.481. The Balaban J connectivity index is 2.18. The molecule has 0 amide bonds. The summed E-state index contributed by atoms with van der Waals surface area (Å²) in [6, 6.07) is 6.06. The molecule has 0 saturated heterocycles. The Labute approximate surface area is 106 Å². The van der Waals surface area contributed by atoms with Gasteiger partial charge in [0.05, 0.1) is 21.8 Å². The Morgan fingerprint density at radius 2 is 2.24 bits per heavy atom.